The highest BCUT2D eigenvalue weighted by molar-refractivity contribution is 5.87. The standard InChI is InChI=1S/C13H12F2N2O2/c1-19-13(18)12-3-2-10(17-12)7-16-11-5-8(14)4-9(15)6-11/h2-6,16-17H,7H2,1H3. The Labute approximate surface area is 108 Å². The molecule has 0 aliphatic heterocycles. The van der Waals surface area contributed by atoms with Crippen molar-refractivity contribution in [2.24, 2.45) is 0 Å². The number of H-pyrrole nitrogens is 1. The number of ether oxygens (including phenoxy) is 1. The molecule has 0 radical (unpaired) electrons. The third-order valence-electron chi connectivity index (χ3n) is 2.50. The predicted molar refractivity (Wildman–Crippen MR) is 65.8 cm³/mol. The van der Waals surface area contributed by atoms with Gasteiger partial charge in [0.15, 0.2) is 0 Å². The second kappa shape index (κ2) is 5.51. The average Bonchev–Trinajstić information content (AvgIpc) is 2.83. The van der Waals surface area contributed by atoms with Crippen molar-refractivity contribution in [2.75, 3.05) is 12.4 Å². The lowest BCUT2D eigenvalue weighted by Crippen LogP contribution is -2.04. The molecule has 0 amide bonds. The number of aromatic amines is 1. The van der Waals surface area contributed by atoms with Crippen LogP contribution in [0, 0.1) is 11.6 Å². The molecule has 0 bridgehead atoms. The lowest BCUT2D eigenvalue weighted by atomic mass is 10.3. The number of hydrogen-bond acceptors (Lipinski definition) is 3. The van der Waals surface area contributed by atoms with Gasteiger partial charge in [0.2, 0.25) is 0 Å². The van der Waals surface area contributed by atoms with Gasteiger partial charge in [0.05, 0.1) is 13.7 Å². The topological polar surface area (TPSA) is 54.1 Å². The fourth-order valence-corrected chi connectivity index (χ4v) is 1.63. The van der Waals surface area contributed by atoms with Crippen LogP contribution in [0.2, 0.25) is 0 Å². The van der Waals surface area contributed by atoms with Gasteiger partial charge in [-0.1, -0.05) is 0 Å². The Bertz CT molecular complexity index is 576. The van der Waals surface area contributed by atoms with Gasteiger partial charge in [0.1, 0.15) is 17.3 Å². The molecule has 19 heavy (non-hydrogen) atoms. The van der Waals surface area contributed by atoms with Gasteiger partial charge in [-0.15, -0.1) is 0 Å². The molecule has 0 aliphatic carbocycles. The fraction of sp³-hybridized carbons (Fsp3) is 0.154. The summed E-state index contributed by atoms with van der Waals surface area (Å²) in [5.74, 6) is -1.77. The number of halogens is 2. The molecular formula is C13H12F2N2O2. The zero-order valence-electron chi connectivity index (χ0n) is 10.2. The molecule has 2 aromatic rings. The molecule has 0 saturated carbocycles. The van der Waals surface area contributed by atoms with Gasteiger partial charge in [-0.05, 0) is 24.3 Å². The number of carbonyl (C=O) groups excluding carboxylic acids is 1. The van der Waals surface area contributed by atoms with Gasteiger partial charge < -0.3 is 15.0 Å². The third kappa shape index (κ3) is 3.31. The largest absolute Gasteiger partial charge is 0.464 e. The number of benzene rings is 1. The van der Waals surface area contributed by atoms with Crippen molar-refractivity contribution in [2.45, 2.75) is 6.54 Å². The van der Waals surface area contributed by atoms with Gasteiger partial charge in [0.25, 0.3) is 0 Å². The van der Waals surface area contributed by atoms with Crippen LogP contribution >= 0.6 is 0 Å². The van der Waals surface area contributed by atoms with Gasteiger partial charge in [-0.2, -0.15) is 0 Å². The molecule has 1 aromatic heterocycles. The maximum Gasteiger partial charge on any atom is 0.354 e. The maximum atomic E-state index is 13.0. The number of carbonyl (C=O) groups is 1. The highest BCUT2D eigenvalue weighted by atomic mass is 19.1. The molecule has 0 unspecified atom stereocenters. The zero-order valence-corrected chi connectivity index (χ0v) is 10.2. The van der Waals surface area contributed by atoms with Crippen LogP contribution in [-0.4, -0.2) is 18.1 Å². The lowest BCUT2D eigenvalue weighted by Gasteiger charge is -2.05. The summed E-state index contributed by atoms with van der Waals surface area (Å²) in [4.78, 5) is 14.1. The Morgan fingerprint density at radius 2 is 1.95 bits per heavy atom. The maximum absolute atomic E-state index is 13.0. The van der Waals surface area contributed by atoms with Crippen molar-refractivity contribution in [3.63, 3.8) is 0 Å². The van der Waals surface area contributed by atoms with Gasteiger partial charge >= 0.3 is 5.97 Å². The highest BCUT2D eigenvalue weighted by Crippen LogP contribution is 2.14. The SMILES string of the molecule is COC(=O)c1ccc(CNc2cc(F)cc(F)c2)[nH]1. The van der Waals surface area contributed by atoms with Crippen molar-refractivity contribution >= 4 is 11.7 Å². The van der Waals surface area contributed by atoms with E-state index in [0.29, 0.717) is 23.6 Å². The molecule has 2 rings (SSSR count). The van der Waals surface area contributed by atoms with Crippen LogP contribution in [-0.2, 0) is 11.3 Å². The van der Waals surface area contributed by atoms with E-state index in [0.717, 1.165) is 6.07 Å². The molecule has 6 heteroatoms. The minimum Gasteiger partial charge on any atom is -0.464 e. The predicted octanol–water partition coefficient (Wildman–Crippen LogP) is 2.69. The summed E-state index contributed by atoms with van der Waals surface area (Å²) in [6.07, 6.45) is 0. The second-order valence-electron chi connectivity index (χ2n) is 3.90. The van der Waals surface area contributed by atoms with Gasteiger partial charge in [0, 0.05) is 17.4 Å². The van der Waals surface area contributed by atoms with E-state index >= 15 is 0 Å². The summed E-state index contributed by atoms with van der Waals surface area (Å²) in [5.41, 5.74) is 1.35. The van der Waals surface area contributed by atoms with E-state index < -0.39 is 17.6 Å². The van der Waals surface area contributed by atoms with Crippen LogP contribution in [0.3, 0.4) is 0 Å². The van der Waals surface area contributed by atoms with Crippen molar-refractivity contribution in [3.8, 4) is 0 Å². The van der Waals surface area contributed by atoms with Crippen molar-refractivity contribution in [1.29, 1.82) is 0 Å². The first-order chi connectivity index (χ1) is 9.08. The van der Waals surface area contributed by atoms with Crippen LogP contribution in [0.1, 0.15) is 16.2 Å². The number of methoxy groups -OCH3 is 1. The summed E-state index contributed by atoms with van der Waals surface area (Å²) in [6.45, 7) is 0.305. The molecule has 0 saturated heterocycles. The van der Waals surface area contributed by atoms with E-state index in [9.17, 15) is 13.6 Å². The van der Waals surface area contributed by atoms with Crippen molar-refractivity contribution in [3.05, 3.63) is 53.4 Å². The minimum absolute atomic E-state index is 0.305. The zero-order chi connectivity index (χ0) is 13.8. The Morgan fingerprint density at radius 3 is 2.58 bits per heavy atom. The molecular weight excluding hydrogens is 254 g/mol. The van der Waals surface area contributed by atoms with Crippen LogP contribution in [0.5, 0.6) is 0 Å². The summed E-state index contributed by atoms with van der Waals surface area (Å²) >= 11 is 0. The smallest absolute Gasteiger partial charge is 0.354 e. The average molecular weight is 266 g/mol. The first-order valence-electron chi connectivity index (χ1n) is 5.54. The summed E-state index contributed by atoms with van der Waals surface area (Å²) < 4.78 is 30.5. The Morgan fingerprint density at radius 1 is 1.26 bits per heavy atom. The van der Waals surface area contributed by atoms with Crippen molar-refractivity contribution in [1.82, 2.24) is 4.98 Å². The second-order valence-corrected chi connectivity index (χ2v) is 3.90. The van der Waals surface area contributed by atoms with E-state index in [-0.39, 0.29) is 0 Å². The summed E-state index contributed by atoms with van der Waals surface area (Å²) in [7, 11) is 1.29. The van der Waals surface area contributed by atoms with Gasteiger partial charge in [-0.3, -0.25) is 0 Å². The minimum atomic E-state index is -0.649. The Kier molecular flexibility index (Phi) is 3.79. The fourth-order valence-electron chi connectivity index (χ4n) is 1.63. The normalized spacial score (nSPS) is 10.3. The number of rotatable bonds is 4. The third-order valence-corrected chi connectivity index (χ3v) is 2.50. The quantitative estimate of drug-likeness (QED) is 0.836. The molecule has 0 fully saturated rings. The van der Waals surface area contributed by atoms with E-state index in [1.807, 2.05) is 0 Å². The molecule has 2 N–H and O–H groups in total. The molecule has 1 heterocycles. The van der Waals surface area contributed by atoms with Crippen LogP contribution < -0.4 is 5.32 Å². The molecule has 0 spiro atoms. The van der Waals surface area contributed by atoms with E-state index in [1.54, 1.807) is 12.1 Å². The number of anilines is 1. The molecule has 0 aliphatic rings. The Hall–Kier alpha value is -2.37. The Balaban J connectivity index is 2.02. The van der Waals surface area contributed by atoms with Gasteiger partial charge in [-0.25, -0.2) is 13.6 Å². The number of aromatic nitrogens is 1. The van der Waals surface area contributed by atoms with Crippen LogP contribution in [0.15, 0.2) is 30.3 Å². The van der Waals surface area contributed by atoms with Crippen LogP contribution in [0.25, 0.3) is 0 Å². The molecule has 4 nitrogen and oxygen atoms in total. The molecule has 100 valence electrons. The van der Waals surface area contributed by atoms with E-state index in [4.69, 9.17) is 0 Å². The monoisotopic (exact) mass is 266 g/mol. The van der Waals surface area contributed by atoms with Crippen LogP contribution in [0.4, 0.5) is 14.5 Å². The molecule has 0 atom stereocenters. The first-order valence-corrected chi connectivity index (χ1v) is 5.54. The molecule has 1 aromatic carbocycles. The van der Waals surface area contributed by atoms with E-state index in [2.05, 4.69) is 15.0 Å². The first kappa shape index (κ1) is 13.1. The van der Waals surface area contributed by atoms with E-state index in [1.165, 1.54) is 19.2 Å². The number of hydrogen-bond donors (Lipinski definition) is 2. The summed E-state index contributed by atoms with van der Waals surface area (Å²) in [6, 6.07) is 6.44. The van der Waals surface area contributed by atoms with Crippen molar-refractivity contribution < 1.29 is 18.3 Å². The lowest BCUT2D eigenvalue weighted by molar-refractivity contribution is 0.0594. The highest BCUT2D eigenvalue weighted by Gasteiger charge is 2.08. The number of nitrogens with one attached hydrogen (secondary N) is 2. The summed E-state index contributed by atoms with van der Waals surface area (Å²) in [5, 5.41) is 2.85. The number of esters is 1.